The van der Waals surface area contributed by atoms with Crippen molar-refractivity contribution in [3.8, 4) is 17.2 Å². The number of rotatable bonds is 9. The zero-order chi connectivity index (χ0) is 26.4. The molecule has 4 rings (SSSR count). The summed E-state index contributed by atoms with van der Waals surface area (Å²) in [5.41, 5.74) is 2.84. The number of ether oxygens (including phenoxy) is 2. The van der Waals surface area contributed by atoms with Crippen molar-refractivity contribution >= 4 is 34.1 Å². The highest BCUT2D eigenvalue weighted by Gasteiger charge is 2.20. The van der Waals surface area contributed by atoms with Crippen LogP contribution in [0.3, 0.4) is 0 Å². The molecule has 2 amide bonds. The normalized spacial score (nSPS) is 10.7. The quantitative estimate of drug-likeness (QED) is 0.271. The van der Waals surface area contributed by atoms with Crippen molar-refractivity contribution in [2.45, 2.75) is 6.42 Å². The molecule has 0 aliphatic rings. The lowest BCUT2D eigenvalue weighted by molar-refractivity contribution is 0.102. The van der Waals surface area contributed by atoms with Gasteiger partial charge in [-0.05, 0) is 55.9 Å². The molecule has 0 saturated heterocycles. The number of para-hydroxylation sites is 1. The van der Waals surface area contributed by atoms with Gasteiger partial charge in [0.05, 0.1) is 31.0 Å². The number of likely N-dealkylation sites (N-methyl/N-ethyl adjacent to an activating group) is 1. The number of anilines is 2. The van der Waals surface area contributed by atoms with Crippen molar-refractivity contribution in [1.29, 1.82) is 0 Å². The predicted molar refractivity (Wildman–Crippen MR) is 143 cm³/mol. The van der Waals surface area contributed by atoms with Crippen LogP contribution in [0, 0.1) is 0 Å². The minimum absolute atomic E-state index is 0.0263. The maximum atomic E-state index is 13.3. The molecule has 9 heteroatoms. The van der Waals surface area contributed by atoms with Crippen LogP contribution in [0.2, 0.25) is 0 Å². The lowest BCUT2D eigenvalue weighted by Crippen LogP contribution is -2.19. The lowest BCUT2D eigenvalue weighted by Gasteiger charge is -2.16. The van der Waals surface area contributed by atoms with Gasteiger partial charge < -0.3 is 30.5 Å². The topological polar surface area (TPSA) is 122 Å². The summed E-state index contributed by atoms with van der Waals surface area (Å²) in [5.74, 6) is -0.187. The Labute approximate surface area is 214 Å². The maximum Gasteiger partial charge on any atom is 0.257 e. The number of carbonyl (C=O) groups is 2. The molecule has 1 aromatic heterocycles. The average molecular weight is 501 g/mol. The number of methoxy groups -OCH3 is 2. The highest BCUT2D eigenvalue weighted by atomic mass is 16.5. The minimum Gasteiger partial charge on any atom is -0.506 e. The van der Waals surface area contributed by atoms with Crippen LogP contribution < -0.4 is 25.4 Å². The number of phenols is 1. The molecule has 4 aromatic rings. The molecule has 1 heterocycles. The number of nitrogens with one attached hydrogen (secondary N) is 3. The summed E-state index contributed by atoms with van der Waals surface area (Å²) in [6.07, 6.45) is 2.24. The zero-order valence-corrected chi connectivity index (χ0v) is 20.8. The third kappa shape index (κ3) is 5.79. The first-order chi connectivity index (χ1) is 17.9. The van der Waals surface area contributed by atoms with E-state index >= 15 is 0 Å². The molecule has 190 valence electrons. The molecule has 0 fully saturated rings. The monoisotopic (exact) mass is 500 g/mol. The van der Waals surface area contributed by atoms with Crippen LogP contribution in [0.1, 0.15) is 26.3 Å². The third-order valence-corrected chi connectivity index (χ3v) is 5.84. The number of carbonyl (C=O) groups excluding carboxylic acids is 2. The Bertz CT molecular complexity index is 1440. The number of amides is 2. The molecule has 0 aliphatic carbocycles. The number of hydrogen-bond acceptors (Lipinski definition) is 7. The van der Waals surface area contributed by atoms with Gasteiger partial charge in [0, 0.05) is 23.3 Å². The first kappa shape index (κ1) is 25.5. The van der Waals surface area contributed by atoms with Crippen molar-refractivity contribution in [1.82, 2.24) is 10.3 Å². The van der Waals surface area contributed by atoms with Crippen LogP contribution in [-0.2, 0) is 6.42 Å². The van der Waals surface area contributed by atoms with E-state index in [0.717, 1.165) is 18.5 Å². The van der Waals surface area contributed by atoms with Crippen LogP contribution in [0.15, 0.2) is 66.9 Å². The third-order valence-electron chi connectivity index (χ3n) is 5.84. The number of aromatic hydroxyl groups is 1. The van der Waals surface area contributed by atoms with Crippen molar-refractivity contribution in [3.05, 3.63) is 83.6 Å². The van der Waals surface area contributed by atoms with Gasteiger partial charge in [-0.1, -0.05) is 24.3 Å². The van der Waals surface area contributed by atoms with Gasteiger partial charge in [-0.2, -0.15) is 0 Å². The van der Waals surface area contributed by atoms with E-state index in [2.05, 4.69) is 20.9 Å². The summed E-state index contributed by atoms with van der Waals surface area (Å²) >= 11 is 0. The highest BCUT2D eigenvalue weighted by molar-refractivity contribution is 6.13. The Hall–Kier alpha value is -4.63. The summed E-state index contributed by atoms with van der Waals surface area (Å²) in [6, 6.07) is 17.2. The second-order valence-corrected chi connectivity index (χ2v) is 8.28. The Morgan fingerprint density at radius 1 is 0.919 bits per heavy atom. The Kier molecular flexibility index (Phi) is 7.85. The van der Waals surface area contributed by atoms with Crippen LogP contribution in [0.4, 0.5) is 11.4 Å². The van der Waals surface area contributed by atoms with E-state index in [4.69, 9.17) is 9.47 Å². The van der Waals surface area contributed by atoms with Gasteiger partial charge in [0.1, 0.15) is 11.3 Å². The second kappa shape index (κ2) is 11.4. The summed E-state index contributed by atoms with van der Waals surface area (Å²) in [4.78, 5) is 30.6. The summed E-state index contributed by atoms with van der Waals surface area (Å²) < 4.78 is 10.8. The summed E-state index contributed by atoms with van der Waals surface area (Å²) in [7, 11) is 4.84. The number of aromatic nitrogens is 1. The number of pyridine rings is 1. The molecule has 3 aromatic carbocycles. The van der Waals surface area contributed by atoms with Crippen molar-refractivity contribution in [3.63, 3.8) is 0 Å². The van der Waals surface area contributed by atoms with E-state index in [1.165, 1.54) is 38.6 Å². The molecule has 0 unspecified atom stereocenters. The fourth-order valence-electron chi connectivity index (χ4n) is 3.86. The molecular formula is C28H28N4O5. The van der Waals surface area contributed by atoms with Gasteiger partial charge in [0.2, 0.25) is 0 Å². The zero-order valence-electron chi connectivity index (χ0n) is 20.8. The Morgan fingerprint density at radius 3 is 2.35 bits per heavy atom. The highest BCUT2D eigenvalue weighted by Crippen LogP contribution is 2.34. The molecule has 4 N–H and O–H groups in total. The molecular weight excluding hydrogens is 472 g/mol. The fraction of sp³-hybridized carbons (Fsp3) is 0.179. The van der Waals surface area contributed by atoms with Crippen molar-refractivity contribution < 1.29 is 24.2 Å². The molecule has 37 heavy (non-hydrogen) atoms. The van der Waals surface area contributed by atoms with Gasteiger partial charge in [-0.3, -0.25) is 14.6 Å². The SMILES string of the molecule is CNCCc1ccc(NC(=O)c2cc(OC)c(OC)cc2NC(=O)c2cnc3c(O)cccc3c2)cc1. The molecule has 9 nitrogen and oxygen atoms in total. The summed E-state index contributed by atoms with van der Waals surface area (Å²) in [5, 5.41) is 19.4. The van der Waals surface area contributed by atoms with Crippen LogP contribution in [0.25, 0.3) is 10.9 Å². The summed E-state index contributed by atoms with van der Waals surface area (Å²) in [6.45, 7) is 0.855. The van der Waals surface area contributed by atoms with Crippen LogP contribution in [0.5, 0.6) is 17.2 Å². The van der Waals surface area contributed by atoms with E-state index in [1.807, 2.05) is 31.3 Å². The first-order valence-electron chi connectivity index (χ1n) is 11.6. The van der Waals surface area contributed by atoms with Gasteiger partial charge >= 0.3 is 0 Å². The maximum absolute atomic E-state index is 13.3. The molecule has 0 radical (unpaired) electrons. The molecule has 0 saturated carbocycles. The standard InChI is InChI=1S/C28H28N4O5/c1-29-12-11-17-7-9-20(10-8-17)31-28(35)21-14-24(36-2)25(37-3)15-22(21)32-27(34)19-13-18-5-4-6-23(33)26(18)30-16-19/h4-10,13-16,29,33H,11-12H2,1-3H3,(H,31,35)(H,32,34). The van der Waals surface area contributed by atoms with E-state index in [-0.39, 0.29) is 22.6 Å². The first-order valence-corrected chi connectivity index (χ1v) is 11.6. The van der Waals surface area contributed by atoms with Gasteiger partial charge in [0.15, 0.2) is 11.5 Å². The second-order valence-electron chi connectivity index (χ2n) is 8.28. The molecule has 0 aliphatic heterocycles. The average Bonchev–Trinajstić information content (AvgIpc) is 2.92. The van der Waals surface area contributed by atoms with E-state index < -0.39 is 11.8 Å². The van der Waals surface area contributed by atoms with Gasteiger partial charge in [0.25, 0.3) is 11.8 Å². The largest absolute Gasteiger partial charge is 0.506 e. The van der Waals surface area contributed by atoms with Crippen LogP contribution >= 0.6 is 0 Å². The molecule has 0 spiro atoms. The fourth-order valence-corrected chi connectivity index (χ4v) is 3.86. The number of nitrogens with zero attached hydrogens (tertiary/aromatic N) is 1. The minimum atomic E-state index is -0.479. The number of benzene rings is 3. The van der Waals surface area contributed by atoms with E-state index in [9.17, 15) is 14.7 Å². The Balaban J connectivity index is 1.62. The Morgan fingerprint density at radius 2 is 1.65 bits per heavy atom. The van der Waals surface area contributed by atoms with E-state index in [0.29, 0.717) is 28.1 Å². The number of fused-ring (bicyclic) bond motifs is 1. The van der Waals surface area contributed by atoms with E-state index in [1.54, 1.807) is 18.2 Å². The number of phenolic OH excluding ortho intramolecular Hbond substituents is 1. The smallest absolute Gasteiger partial charge is 0.257 e. The number of hydrogen-bond donors (Lipinski definition) is 4. The van der Waals surface area contributed by atoms with Crippen LogP contribution in [-0.4, -0.2) is 49.7 Å². The molecule has 0 bridgehead atoms. The van der Waals surface area contributed by atoms with Gasteiger partial charge in [-0.25, -0.2) is 0 Å². The predicted octanol–water partition coefficient (Wildman–Crippen LogP) is 4.22. The van der Waals surface area contributed by atoms with Crippen molar-refractivity contribution in [2.24, 2.45) is 0 Å². The molecule has 0 atom stereocenters. The lowest BCUT2D eigenvalue weighted by atomic mass is 10.1. The van der Waals surface area contributed by atoms with Crippen molar-refractivity contribution in [2.75, 3.05) is 38.4 Å². The van der Waals surface area contributed by atoms with Gasteiger partial charge in [-0.15, -0.1) is 0 Å².